The van der Waals surface area contributed by atoms with Crippen LogP contribution >= 0.6 is 23.2 Å². The molecule has 1 aliphatic heterocycles. The molecule has 0 radical (unpaired) electrons. The minimum Gasteiger partial charge on any atom is -0.341 e. The molecule has 1 aromatic carbocycles. The minimum atomic E-state index is 0.611. The molecule has 116 valence electrons. The summed E-state index contributed by atoms with van der Waals surface area (Å²) < 4.78 is 0. The molecule has 22 heavy (non-hydrogen) atoms. The average Bonchev–Trinajstić information content (AvgIpc) is 2.51. The number of piperidine rings is 1. The number of nitrogens with one attached hydrogen (secondary N) is 1. The fourth-order valence-corrected chi connectivity index (χ4v) is 2.92. The third kappa shape index (κ3) is 3.62. The van der Waals surface area contributed by atoms with E-state index in [4.69, 9.17) is 23.2 Å². The quantitative estimate of drug-likeness (QED) is 0.871. The predicted octanol–water partition coefficient (Wildman–Crippen LogP) is 4.83. The van der Waals surface area contributed by atoms with Gasteiger partial charge in [-0.15, -0.1) is 0 Å². The van der Waals surface area contributed by atoms with Gasteiger partial charge in [0.05, 0.1) is 10.7 Å². The van der Waals surface area contributed by atoms with E-state index in [0.717, 1.165) is 36.2 Å². The molecule has 0 saturated carbocycles. The molecule has 0 spiro atoms. The van der Waals surface area contributed by atoms with Gasteiger partial charge in [-0.2, -0.15) is 4.98 Å². The van der Waals surface area contributed by atoms with Crippen LogP contribution in [0.1, 0.15) is 25.0 Å². The predicted molar refractivity (Wildman–Crippen MR) is 92.6 cm³/mol. The van der Waals surface area contributed by atoms with Crippen molar-refractivity contribution in [3.05, 3.63) is 40.0 Å². The normalized spacial score (nSPS) is 15.0. The van der Waals surface area contributed by atoms with Gasteiger partial charge >= 0.3 is 0 Å². The highest BCUT2D eigenvalue weighted by Gasteiger charge is 2.15. The van der Waals surface area contributed by atoms with Crippen LogP contribution in [-0.2, 0) is 0 Å². The summed E-state index contributed by atoms with van der Waals surface area (Å²) in [6, 6.07) is 7.23. The molecule has 1 N–H and O–H groups in total. The maximum atomic E-state index is 6.20. The van der Waals surface area contributed by atoms with E-state index in [1.165, 1.54) is 19.3 Å². The first-order valence-corrected chi connectivity index (χ1v) is 8.20. The summed E-state index contributed by atoms with van der Waals surface area (Å²) >= 11 is 12.2. The van der Waals surface area contributed by atoms with Gasteiger partial charge < -0.3 is 10.2 Å². The second kappa shape index (κ2) is 6.71. The van der Waals surface area contributed by atoms with Crippen molar-refractivity contribution in [3.63, 3.8) is 0 Å². The number of rotatable bonds is 3. The molecule has 0 unspecified atom stereocenters. The van der Waals surface area contributed by atoms with Crippen LogP contribution in [0, 0.1) is 6.92 Å². The van der Waals surface area contributed by atoms with E-state index in [1.54, 1.807) is 18.2 Å². The zero-order valence-electron chi connectivity index (χ0n) is 12.4. The second-order valence-electron chi connectivity index (χ2n) is 5.49. The third-order valence-corrected chi connectivity index (χ3v) is 4.24. The Kier molecular flexibility index (Phi) is 4.69. The standard InChI is InChI=1S/C16H18Cl2N4/c1-11-9-15(20-14-10-12(17)5-6-13(14)18)21-16(19-11)22-7-3-2-4-8-22/h5-6,9-10H,2-4,7-8H2,1H3,(H,19,20,21). The number of hydrogen-bond acceptors (Lipinski definition) is 4. The lowest BCUT2D eigenvalue weighted by Crippen LogP contribution is -2.31. The van der Waals surface area contributed by atoms with E-state index >= 15 is 0 Å². The second-order valence-corrected chi connectivity index (χ2v) is 6.34. The van der Waals surface area contributed by atoms with Crippen LogP contribution < -0.4 is 10.2 Å². The van der Waals surface area contributed by atoms with Gasteiger partial charge in [0.15, 0.2) is 0 Å². The summed E-state index contributed by atoms with van der Waals surface area (Å²) in [6.45, 7) is 4.00. The lowest BCUT2D eigenvalue weighted by molar-refractivity contribution is 0.568. The van der Waals surface area contributed by atoms with E-state index in [9.17, 15) is 0 Å². The number of nitrogens with zero attached hydrogens (tertiary/aromatic N) is 3. The summed E-state index contributed by atoms with van der Waals surface area (Å²) in [6.07, 6.45) is 3.67. The average molecular weight is 337 g/mol. The molecule has 0 bridgehead atoms. The van der Waals surface area contributed by atoms with Gasteiger partial charge in [0, 0.05) is 29.9 Å². The van der Waals surface area contributed by atoms with Gasteiger partial charge in [-0.05, 0) is 44.4 Å². The van der Waals surface area contributed by atoms with Crippen molar-refractivity contribution < 1.29 is 0 Å². The first-order valence-electron chi connectivity index (χ1n) is 7.44. The van der Waals surface area contributed by atoms with Crippen molar-refractivity contribution in [2.45, 2.75) is 26.2 Å². The smallest absolute Gasteiger partial charge is 0.227 e. The molecule has 0 aliphatic carbocycles. The highest BCUT2D eigenvalue weighted by Crippen LogP contribution is 2.28. The Morgan fingerprint density at radius 1 is 1.05 bits per heavy atom. The van der Waals surface area contributed by atoms with Crippen LogP contribution in [0.2, 0.25) is 10.0 Å². The number of halogens is 2. The number of anilines is 3. The molecular weight excluding hydrogens is 319 g/mol. The number of hydrogen-bond donors (Lipinski definition) is 1. The lowest BCUT2D eigenvalue weighted by atomic mass is 10.1. The Balaban J connectivity index is 1.87. The van der Waals surface area contributed by atoms with Crippen LogP contribution in [-0.4, -0.2) is 23.1 Å². The van der Waals surface area contributed by atoms with Gasteiger partial charge in [0.25, 0.3) is 0 Å². The summed E-state index contributed by atoms with van der Waals surface area (Å²) in [4.78, 5) is 11.4. The number of aryl methyl sites for hydroxylation is 1. The molecule has 6 heteroatoms. The van der Waals surface area contributed by atoms with Crippen molar-refractivity contribution in [2.24, 2.45) is 0 Å². The Morgan fingerprint density at radius 3 is 2.59 bits per heavy atom. The number of aromatic nitrogens is 2. The lowest BCUT2D eigenvalue weighted by Gasteiger charge is -2.27. The van der Waals surface area contributed by atoms with E-state index < -0.39 is 0 Å². The molecule has 1 aromatic heterocycles. The molecule has 0 atom stereocenters. The highest BCUT2D eigenvalue weighted by atomic mass is 35.5. The van der Waals surface area contributed by atoms with Gasteiger partial charge in [0.1, 0.15) is 5.82 Å². The third-order valence-electron chi connectivity index (χ3n) is 3.67. The Labute approximate surface area is 140 Å². The van der Waals surface area contributed by atoms with Gasteiger partial charge in [-0.25, -0.2) is 4.98 Å². The first kappa shape index (κ1) is 15.4. The summed E-state index contributed by atoms with van der Waals surface area (Å²) in [5, 5.41) is 4.48. The highest BCUT2D eigenvalue weighted by molar-refractivity contribution is 6.35. The Hall–Kier alpha value is -1.52. The van der Waals surface area contributed by atoms with Crippen molar-refractivity contribution in [3.8, 4) is 0 Å². The van der Waals surface area contributed by atoms with Crippen LogP contribution in [0.5, 0.6) is 0 Å². The summed E-state index contributed by atoms with van der Waals surface area (Å²) in [5.74, 6) is 1.51. The van der Waals surface area contributed by atoms with E-state index in [0.29, 0.717) is 10.0 Å². The monoisotopic (exact) mass is 336 g/mol. The molecule has 4 nitrogen and oxygen atoms in total. The summed E-state index contributed by atoms with van der Waals surface area (Å²) in [5.41, 5.74) is 1.67. The fourth-order valence-electron chi connectivity index (χ4n) is 2.58. The van der Waals surface area contributed by atoms with Crippen molar-refractivity contribution in [1.82, 2.24) is 9.97 Å². The zero-order chi connectivity index (χ0) is 15.5. The molecule has 0 amide bonds. The van der Waals surface area contributed by atoms with Crippen LogP contribution in [0.3, 0.4) is 0 Å². The summed E-state index contributed by atoms with van der Waals surface area (Å²) in [7, 11) is 0. The van der Waals surface area contributed by atoms with E-state index in [2.05, 4.69) is 20.2 Å². The largest absolute Gasteiger partial charge is 0.341 e. The van der Waals surface area contributed by atoms with Crippen LogP contribution in [0.4, 0.5) is 17.5 Å². The van der Waals surface area contributed by atoms with Crippen molar-refractivity contribution in [1.29, 1.82) is 0 Å². The zero-order valence-corrected chi connectivity index (χ0v) is 14.0. The molecule has 3 rings (SSSR count). The van der Waals surface area contributed by atoms with E-state index in [1.807, 2.05) is 13.0 Å². The number of benzene rings is 1. The van der Waals surface area contributed by atoms with Crippen molar-refractivity contribution in [2.75, 3.05) is 23.3 Å². The van der Waals surface area contributed by atoms with E-state index in [-0.39, 0.29) is 0 Å². The molecular formula is C16H18Cl2N4. The minimum absolute atomic E-state index is 0.611. The maximum Gasteiger partial charge on any atom is 0.227 e. The molecule has 1 fully saturated rings. The molecule has 1 saturated heterocycles. The first-order chi connectivity index (χ1) is 10.6. The van der Waals surface area contributed by atoms with Gasteiger partial charge in [-0.3, -0.25) is 0 Å². The van der Waals surface area contributed by atoms with Gasteiger partial charge in [-0.1, -0.05) is 23.2 Å². The van der Waals surface area contributed by atoms with Gasteiger partial charge in [0.2, 0.25) is 5.95 Å². The van der Waals surface area contributed by atoms with Crippen LogP contribution in [0.15, 0.2) is 24.3 Å². The Morgan fingerprint density at radius 2 is 1.82 bits per heavy atom. The van der Waals surface area contributed by atoms with Crippen LogP contribution in [0.25, 0.3) is 0 Å². The molecule has 2 aromatic rings. The Bertz CT molecular complexity index is 669. The maximum absolute atomic E-state index is 6.20. The molecule has 2 heterocycles. The SMILES string of the molecule is Cc1cc(Nc2cc(Cl)ccc2Cl)nc(N2CCCCC2)n1. The topological polar surface area (TPSA) is 41.1 Å². The van der Waals surface area contributed by atoms with Crippen molar-refractivity contribution >= 4 is 40.7 Å². The fraction of sp³-hybridized carbons (Fsp3) is 0.375. The molecule has 1 aliphatic rings.